The van der Waals surface area contributed by atoms with Crippen molar-refractivity contribution in [2.24, 2.45) is 5.92 Å². The second kappa shape index (κ2) is 14.9. The Morgan fingerprint density at radius 2 is 1.57 bits per heavy atom. The zero-order valence-electron chi connectivity index (χ0n) is 26.7. The Labute approximate surface area is 273 Å². The number of ketones is 1. The summed E-state index contributed by atoms with van der Waals surface area (Å²) in [6, 6.07) is 17.7. The van der Waals surface area contributed by atoms with Crippen LogP contribution < -0.4 is 20.4 Å². The van der Waals surface area contributed by atoms with Crippen LogP contribution in [-0.4, -0.2) is 50.3 Å². The molecule has 1 saturated heterocycles. The molecule has 1 aliphatic carbocycles. The van der Waals surface area contributed by atoms with E-state index in [1.165, 1.54) is 23.8 Å². The molecule has 1 atom stereocenters. The lowest BCUT2D eigenvalue weighted by molar-refractivity contribution is -0.137. The molecule has 1 aliphatic heterocycles. The van der Waals surface area contributed by atoms with E-state index < -0.39 is 23.2 Å². The summed E-state index contributed by atoms with van der Waals surface area (Å²) in [7, 11) is 0. The maximum absolute atomic E-state index is 13.8. The summed E-state index contributed by atoms with van der Waals surface area (Å²) >= 11 is 0. The Balaban J connectivity index is 1.32. The molecule has 2 N–H and O–H groups in total. The number of nitrogens with zero attached hydrogens (tertiary/aromatic N) is 2. The number of para-hydroxylation sites is 1. The Morgan fingerprint density at radius 3 is 2.30 bits per heavy atom. The Morgan fingerprint density at radius 1 is 0.894 bits per heavy atom. The van der Waals surface area contributed by atoms with Crippen LogP contribution in [-0.2, 0) is 11.0 Å². The fourth-order valence-electron chi connectivity index (χ4n) is 6.49. The van der Waals surface area contributed by atoms with Gasteiger partial charge in [0.25, 0.3) is 11.8 Å². The maximum atomic E-state index is 13.8. The van der Waals surface area contributed by atoms with Crippen molar-refractivity contribution >= 4 is 34.7 Å². The number of anilines is 3. The molecule has 1 unspecified atom stereocenters. The zero-order valence-corrected chi connectivity index (χ0v) is 26.7. The standard InChI is InChI=1S/C37H41F3N4O3/c1-25-10-3-7-15-32(25)43-20-22-44(23-21-43)33-18-17-28(35(46)41-19-9-12-27-11-4-8-16-34(45)26(27)2)24-31(33)42-36(47)29-13-5-6-14-30(29)37(38,39)40/h3,5-7,10,13-15,17-18,24,27H,2,4,8-9,11-12,16,19-23H2,1H3,(H,41,46)(H,42,47). The zero-order chi connectivity index (χ0) is 33.6. The topological polar surface area (TPSA) is 81.8 Å². The van der Waals surface area contributed by atoms with Gasteiger partial charge in [0.2, 0.25) is 0 Å². The summed E-state index contributed by atoms with van der Waals surface area (Å²) in [6.07, 6.45) is 0.0365. The molecule has 7 nitrogen and oxygen atoms in total. The van der Waals surface area contributed by atoms with Gasteiger partial charge >= 0.3 is 6.18 Å². The van der Waals surface area contributed by atoms with Crippen LogP contribution in [0.4, 0.5) is 30.2 Å². The summed E-state index contributed by atoms with van der Waals surface area (Å²) in [5.41, 5.74) is 2.63. The van der Waals surface area contributed by atoms with Gasteiger partial charge in [-0.1, -0.05) is 43.3 Å². The molecule has 1 heterocycles. The van der Waals surface area contributed by atoms with E-state index in [1.54, 1.807) is 12.1 Å². The van der Waals surface area contributed by atoms with Gasteiger partial charge in [0.05, 0.1) is 22.5 Å². The number of hydrogen-bond donors (Lipinski definition) is 2. The molecule has 2 aliphatic rings. The number of halogens is 3. The molecule has 0 spiro atoms. The van der Waals surface area contributed by atoms with E-state index in [0.717, 1.165) is 43.5 Å². The number of hydrogen-bond acceptors (Lipinski definition) is 5. The van der Waals surface area contributed by atoms with Gasteiger partial charge in [-0.25, -0.2) is 0 Å². The van der Waals surface area contributed by atoms with E-state index in [1.807, 2.05) is 12.1 Å². The van der Waals surface area contributed by atoms with Crippen LogP contribution in [0.2, 0.25) is 0 Å². The number of piperazine rings is 1. The third-order valence-electron chi connectivity index (χ3n) is 9.13. The predicted octanol–water partition coefficient (Wildman–Crippen LogP) is 7.42. The predicted molar refractivity (Wildman–Crippen MR) is 179 cm³/mol. The van der Waals surface area contributed by atoms with Gasteiger partial charge < -0.3 is 20.4 Å². The van der Waals surface area contributed by atoms with Gasteiger partial charge in [-0.2, -0.15) is 13.2 Å². The van der Waals surface area contributed by atoms with Crippen LogP contribution in [0.15, 0.2) is 78.9 Å². The highest BCUT2D eigenvalue weighted by molar-refractivity contribution is 6.08. The molecule has 1 saturated carbocycles. The number of aryl methyl sites for hydroxylation is 1. The molecule has 0 radical (unpaired) electrons. The van der Waals surface area contributed by atoms with E-state index in [4.69, 9.17) is 0 Å². The molecule has 3 aromatic carbocycles. The van der Waals surface area contributed by atoms with Crippen molar-refractivity contribution in [3.63, 3.8) is 0 Å². The molecule has 3 aromatic rings. The van der Waals surface area contributed by atoms with Crippen molar-refractivity contribution < 1.29 is 27.6 Å². The largest absolute Gasteiger partial charge is 0.417 e. The first kappa shape index (κ1) is 33.8. The van der Waals surface area contributed by atoms with Crippen molar-refractivity contribution in [1.29, 1.82) is 0 Å². The molecule has 2 amide bonds. The molecule has 47 heavy (non-hydrogen) atoms. The van der Waals surface area contributed by atoms with Crippen LogP contribution >= 0.6 is 0 Å². The van der Waals surface area contributed by atoms with E-state index in [9.17, 15) is 27.6 Å². The molecule has 0 bridgehead atoms. The van der Waals surface area contributed by atoms with Gasteiger partial charge in [-0.3, -0.25) is 14.4 Å². The lowest BCUT2D eigenvalue weighted by atomic mass is 9.90. The minimum atomic E-state index is -4.71. The van der Waals surface area contributed by atoms with Crippen LogP contribution in [0, 0.1) is 12.8 Å². The number of nitrogens with one attached hydrogen (secondary N) is 2. The monoisotopic (exact) mass is 646 g/mol. The third kappa shape index (κ3) is 8.22. The van der Waals surface area contributed by atoms with Crippen molar-refractivity contribution in [2.45, 2.75) is 51.6 Å². The van der Waals surface area contributed by atoms with Gasteiger partial charge in [0.1, 0.15) is 0 Å². The Kier molecular flexibility index (Phi) is 10.7. The van der Waals surface area contributed by atoms with Crippen LogP contribution in [0.3, 0.4) is 0 Å². The van der Waals surface area contributed by atoms with Crippen molar-refractivity contribution in [1.82, 2.24) is 5.32 Å². The second-order valence-electron chi connectivity index (χ2n) is 12.3. The van der Waals surface area contributed by atoms with Crippen molar-refractivity contribution in [3.8, 4) is 0 Å². The van der Waals surface area contributed by atoms with Gasteiger partial charge in [-0.15, -0.1) is 0 Å². The highest BCUT2D eigenvalue weighted by Crippen LogP contribution is 2.34. The van der Waals surface area contributed by atoms with Gasteiger partial charge in [0.15, 0.2) is 5.78 Å². The van der Waals surface area contributed by atoms with E-state index in [0.29, 0.717) is 56.8 Å². The minimum Gasteiger partial charge on any atom is -0.368 e. The lowest BCUT2D eigenvalue weighted by Crippen LogP contribution is -2.47. The van der Waals surface area contributed by atoms with E-state index in [-0.39, 0.29) is 28.9 Å². The highest BCUT2D eigenvalue weighted by Gasteiger charge is 2.35. The quantitative estimate of drug-likeness (QED) is 0.144. The van der Waals surface area contributed by atoms with Crippen LogP contribution in [0.25, 0.3) is 0 Å². The van der Waals surface area contributed by atoms with Gasteiger partial charge in [0, 0.05) is 50.4 Å². The normalized spacial score (nSPS) is 17.3. The number of carbonyl (C=O) groups is 3. The Bertz CT molecular complexity index is 1630. The molecular weight excluding hydrogens is 605 g/mol. The van der Waals surface area contributed by atoms with Crippen molar-refractivity contribution in [3.05, 3.63) is 101 Å². The molecule has 2 fully saturated rings. The summed E-state index contributed by atoms with van der Waals surface area (Å²) in [5, 5.41) is 5.61. The first-order chi connectivity index (χ1) is 22.5. The summed E-state index contributed by atoms with van der Waals surface area (Å²) in [5.74, 6) is -1.02. The van der Waals surface area contributed by atoms with E-state index >= 15 is 0 Å². The van der Waals surface area contributed by atoms with Crippen LogP contribution in [0.5, 0.6) is 0 Å². The minimum absolute atomic E-state index is 0.119. The summed E-state index contributed by atoms with van der Waals surface area (Å²) in [4.78, 5) is 43.1. The number of amides is 2. The number of rotatable bonds is 9. The number of carbonyl (C=O) groups excluding carboxylic acids is 3. The average molecular weight is 647 g/mol. The van der Waals surface area contributed by atoms with Crippen molar-refractivity contribution in [2.75, 3.05) is 47.8 Å². The lowest BCUT2D eigenvalue weighted by Gasteiger charge is -2.38. The third-order valence-corrected chi connectivity index (χ3v) is 9.13. The Hall–Kier alpha value is -4.60. The summed E-state index contributed by atoms with van der Waals surface area (Å²) in [6.45, 7) is 9.08. The molecular formula is C37H41F3N4O3. The molecule has 10 heteroatoms. The van der Waals surface area contributed by atoms with E-state index in [2.05, 4.69) is 46.1 Å². The summed E-state index contributed by atoms with van der Waals surface area (Å²) < 4.78 is 41.3. The highest BCUT2D eigenvalue weighted by atomic mass is 19.4. The van der Waals surface area contributed by atoms with Gasteiger partial charge in [-0.05, 0) is 86.1 Å². The second-order valence-corrected chi connectivity index (χ2v) is 12.3. The SMILES string of the molecule is C=C1C(=O)CCCCC1CCCNC(=O)c1ccc(N2CCN(c3ccccc3C)CC2)c(NC(=O)c2ccccc2C(F)(F)F)c1. The molecule has 5 rings (SSSR count). The number of alkyl halides is 3. The maximum Gasteiger partial charge on any atom is 0.417 e. The first-order valence-corrected chi connectivity index (χ1v) is 16.2. The first-order valence-electron chi connectivity index (χ1n) is 16.2. The number of allylic oxidation sites excluding steroid dienone is 1. The fraction of sp³-hybridized carbons (Fsp3) is 0.378. The number of Topliss-reactive ketones (excluding diaryl/α,β-unsaturated/α-hetero) is 1. The molecule has 0 aromatic heterocycles. The number of benzene rings is 3. The average Bonchev–Trinajstić information content (AvgIpc) is 3.22. The molecule has 248 valence electrons. The fourth-order valence-corrected chi connectivity index (χ4v) is 6.49. The van der Waals surface area contributed by atoms with Crippen LogP contribution in [0.1, 0.15) is 70.4 Å². The smallest absolute Gasteiger partial charge is 0.368 e.